The van der Waals surface area contributed by atoms with E-state index in [0.717, 1.165) is 11.3 Å². The van der Waals surface area contributed by atoms with Gasteiger partial charge in [-0.25, -0.2) is 9.59 Å². The van der Waals surface area contributed by atoms with Crippen LogP contribution in [0.25, 0.3) is 0 Å². The van der Waals surface area contributed by atoms with Gasteiger partial charge >= 0.3 is 11.9 Å². The van der Waals surface area contributed by atoms with Crippen molar-refractivity contribution in [3.8, 4) is 0 Å². The van der Waals surface area contributed by atoms with Gasteiger partial charge in [0.05, 0.1) is 31.6 Å². The van der Waals surface area contributed by atoms with Crippen molar-refractivity contribution < 1.29 is 34.1 Å². The predicted molar refractivity (Wildman–Crippen MR) is 97.5 cm³/mol. The van der Waals surface area contributed by atoms with Gasteiger partial charge in [-0.05, 0) is 36.8 Å². The molecular formula is C18H22ClNO7. The Labute approximate surface area is 161 Å². The Morgan fingerprint density at radius 3 is 2.33 bits per heavy atom. The zero-order valence-electron chi connectivity index (χ0n) is 14.7. The van der Waals surface area contributed by atoms with Gasteiger partial charge in [0.2, 0.25) is 0 Å². The van der Waals surface area contributed by atoms with E-state index in [4.69, 9.17) is 40.6 Å². The molecule has 0 saturated heterocycles. The molecule has 2 atom stereocenters. The quantitative estimate of drug-likeness (QED) is 0.497. The highest BCUT2D eigenvalue weighted by Crippen LogP contribution is 2.19. The van der Waals surface area contributed by atoms with Gasteiger partial charge in [-0.1, -0.05) is 23.7 Å². The van der Waals surface area contributed by atoms with Gasteiger partial charge in [0.15, 0.2) is 0 Å². The van der Waals surface area contributed by atoms with Crippen molar-refractivity contribution in [3.63, 3.8) is 0 Å². The van der Waals surface area contributed by atoms with Gasteiger partial charge < -0.3 is 29.8 Å². The maximum Gasteiger partial charge on any atom is 0.414 e. The van der Waals surface area contributed by atoms with E-state index < -0.39 is 18.0 Å². The van der Waals surface area contributed by atoms with Gasteiger partial charge in [-0.3, -0.25) is 0 Å². The Bertz CT molecular complexity index is 676. The molecule has 0 aliphatic rings. The number of ether oxygens (including phenoxy) is 1. The fourth-order valence-corrected chi connectivity index (χ4v) is 2.05. The number of carbonyl (C=O) groups is 2. The summed E-state index contributed by atoms with van der Waals surface area (Å²) in [7, 11) is 0. The molecule has 0 radical (unpaired) electrons. The second kappa shape index (κ2) is 12.1. The third-order valence-electron chi connectivity index (χ3n) is 3.32. The summed E-state index contributed by atoms with van der Waals surface area (Å²) < 4.78 is 10.9. The van der Waals surface area contributed by atoms with Crippen LogP contribution in [-0.2, 0) is 20.9 Å². The number of carboxylic acids is 2. The zero-order valence-corrected chi connectivity index (χ0v) is 15.4. The number of aliphatic hydroxyl groups is 1. The molecule has 27 heavy (non-hydrogen) atoms. The van der Waals surface area contributed by atoms with Crippen molar-refractivity contribution in [2.24, 2.45) is 0 Å². The van der Waals surface area contributed by atoms with E-state index in [1.807, 2.05) is 43.3 Å². The lowest BCUT2D eigenvalue weighted by molar-refractivity contribution is -0.159. The smallest absolute Gasteiger partial charge is 0.414 e. The summed E-state index contributed by atoms with van der Waals surface area (Å²) >= 11 is 5.85. The first-order chi connectivity index (χ1) is 12.8. The second-order valence-corrected chi connectivity index (χ2v) is 5.94. The van der Waals surface area contributed by atoms with Crippen LogP contribution in [0.2, 0.25) is 5.02 Å². The van der Waals surface area contributed by atoms with E-state index in [2.05, 4.69) is 5.32 Å². The summed E-state index contributed by atoms with van der Waals surface area (Å²) in [5, 5.41) is 28.5. The molecule has 2 aromatic rings. The number of rotatable bonds is 8. The van der Waals surface area contributed by atoms with Crippen molar-refractivity contribution in [2.75, 3.05) is 13.2 Å². The maximum absolute atomic E-state index is 9.88. The highest BCUT2D eigenvalue weighted by Gasteiger charge is 2.10. The molecule has 0 aliphatic carbocycles. The molecule has 0 spiro atoms. The number of hydrogen-bond acceptors (Lipinski definition) is 6. The topological polar surface area (TPSA) is 129 Å². The van der Waals surface area contributed by atoms with Crippen LogP contribution < -0.4 is 5.32 Å². The van der Waals surface area contributed by atoms with Crippen molar-refractivity contribution in [1.29, 1.82) is 0 Å². The number of benzene rings is 1. The molecule has 9 heteroatoms. The standard InChI is InChI=1S/C16H20ClNO3.C2H2O4/c1-12(13-4-6-14(17)7-5-13)21-11-15(19)9-18-10-16-3-2-8-20-16;3-1(4)2(5)6/h2-8,12,15,18-19H,9-11H2,1H3;(H,3,4)(H,5,6). The second-order valence-electron chi connectivity index (χ2n) is 5.50. The van der Waals surface area contributed by atoms with Crippen LogP contribution in [0.1, 0.15) is 24.4 Å². The van der Waals surface area contributed by atoms with Gasteiger partial charge in [-0.2, -0.15) is 0 Å². The molecule has 8 nitrogen and oxygen atoms in total. The van der Waals surface area contributed by atoms with Crippen LogP contribution in [0.5, 0.6) is 0 Å². The minimum Gasteiger partial charge on any atom is -0.473 e. The van der Waals surface area contributed by atoms with Crippen molar-refractivity contribution in [1.82, 2.24) is 5.32 Å². The fraction of sp³-hybridized carbons (Fsp3) is 0.333. The lowest BCUT2D eigenvalue weighted by Gasteiger charge is -2.17. The molecule has 4 N–H and O–H groups in total. The van der Waals surface area contributed by atoms with Crippen molar-refractivity contribution >= 4 is 23.5 Å². The Morgan fingerprint density at radius 1 is 1.19 bits per heavy atom. The summed E-state index contributed by atoms with van der Waals surface area (Å²) in [6.07, 6.45) is 0.987. The number of hydrogen-bond donors (Lipinski definition) is 4. The molecule has 0 saturated carbocycles. The van der Waals surface area contributed by atoms with Gasteiger partial charge in [0.25, 0.3) is 0 Å². The summed E-state index contributed by atoms with van der Waals surface area (Å²) in [5.74, 6) is -2.80. The maximum atomic E-state index is 9.88. The highest BCUT2D eigenvalue weighted by atomic mass is 35.5. The zero-order chi connectivity index (χ0) is 20.2. The third kappa shape index (κ3) is 9.76. The van der Waals surface area contributed by atoms with Gasteiger partial charge in [-0.15, -0.1) is 0 Å². The number of furan rings is 1. The van der Waals surface area contributed by atoms with Crippen LogP contribution in [0.15, 0.2) is 47.1 Å². The Balaban J connectivity index is 0.000000527. The first kappa shape index (κ1) is 22.7. The van der Waals surface area contributed by atoms with Crippen molar-refractivity contribution in [2.45, 2.75) is 25.7 Å². The van der Waals surface area contributed by atoms with E-state index in [-0.39, 0.29) is 12.7 Å². The van der Waals surface area contributed by atoms with E-state index in [9.17, 15) is 5.11 Å². The largest absolute Gasteiger partial charge is 0.473 e. The van der Waals surface area contributed by atoms with E-state index >= 15 is 0 Å². The molecule has 0 bridgehead atoms. The number of aliphatic carboxylic acids is 2. The van der Waals surface area contributed by atoms with E-state index in [1.54, 1.807) is 6.26 Å². The first-order valence-electron chi connectivity index (χ1n) is 8.04. The molecule has 1 aromatic carbocycles. The molecule has 2 rings (SSSR count). The predicted octanol–water partition coefficient (Wildman–Crippen LogP) is 2.32. The number of halogens is 1. The first-order valence-corrected chi connectivity index (χ1v) is 8.41. The van der Waals surface area contributed by atoms with E-state index in [1.165, 1.54) is 0 Å². The third-order valence-corrected chi connectivity index (χ3v) is 3.57. The van der Waals surface area contributed by atoms with E-state index in [0.29, 0.717) is 18.1 Å². The summed E-state index contributed by atoms with van der Waals surface area (Å²) in [5.41, 5.74) is 1.04. The minimum atomic E-state index is -1.82. The van der Waals surface area contributed by atoms with Crippen LogP contribution in [-0.4, -0.2) is 46.5 Å². The van der Waals surface area contributed by atoms with Gasteiger partial charge in [0, 0.05) is 11.6 Å². The highest BCUT2D eigenvalue weighted by molar-refractivity contribution is 6.30. The summed E-state index contributed by atoms with van der Waals surface area (Å²) in [4.78, 5) is 18.2. The summed E-state index contributed by atoms with van der Waals surface area (Å²) in [6, 6.07) is 11.2. The molecule has 1 heterocycles. The fourth-order valence-electron chi connectivity index (χ4n) is 1.92. The monoisotopic (exact) mass is 399 g/mol. The minimum absolute atomic E-state index is 0.0815. The number of nitrogens with one attached hydrogen (secondary N) is 1. The molecular weight excluding hydrogens is 378 g/mol. The lowest BCUT2D eigenvalue weighted by Crippen LogP contribution is -2.30. The van der Waals surface area contributed by atoms with Crippen LogP contribution in [0.3, 0.4) is 0 Å². The normalized spacial score (nSPS) is 12.6. The van der Waals surface area contributed by atoms with Crippen LogP contribution in [0.4, 0.5) is 0 Å². The Kier molecular flexibility index (Phi) is 10.1. The average Bonchev–Trinajstić information content (AvgIpc) is 3.14. The molecule has 2 unspecified atom stereocenters. The van der Waals surface area contributed by atoms with Gasteiger partial charge in [0.1, 0.15) is 5.76 Å². The molecule has 1 aromatic heterocycles. The van der Waals surface area contributed by atoms with Crippen molar-refractivity contribution in [3.05, 3.63) is 59.0 Å². The summed E-state index contributed by atoms with van der Waals surface area (Å²) in [6.45, 7) is 3.27. The molecule has 0 amide bonds. The number of aliphatic hydroxyl groups excluding tert-OH is 1. The number of carboxylic acid groups (broad SMARTS) is 2. The Morgan fingerprint density at radius 2 is 1.81 bits per heavy atom. The Hall–Kier alpha value is -2.39. The average molecular weight is 400 g/mol. The molecule has 148 valence electrons. The van der Waals surface area contributed by atoms with Crippen LogP contribution >= 0.6 is 11.6 Å². The molecule has 0 fully saturated rings. The lowest BCUT2D eigenvalue weighted by atomic mass is 10.1. The van der Waals surface area contributed by atoms with Crippen LogP contribution in [0, 0.1) is 0 Å². The SMILES string of the molecule is CC(OCC(O)CNCc1ccco1)c1ccc(Cl)cc1.O=C(O)C(=O)O. The molecule has 0 aliphatic heterocycles.